The molecule has 9 aromatic rings. The van der Waals surface area contributed by atoms with Crippen molar-refractivity contribution in [1.82, 2.24) is 14.5 Å². The largest absolute Gasteiger partial charge is 2.00 e. The first kappa shape index (κ1) is 28.9. The monoisotopic (exact) mass is 782 g/mol. The smallest absolute Gasteiger partial charge is 0.481 e. The number of rotatable bonds is 5. The first-order valence-electron chi connectivity index (χ1n) is 15.3. The molecule has 3 aromatic heterocycles. The van der Waals surface area contributed by atoms with Gasteiger partial charge < -0.3 is 8.98 Å². The number of hydrogen-bond acceptors (Lipinski definition) is 3. The van der Waals surface area contributed by atoms with E-state index in [9.17, 15) is 0 Å². The fourth-order valence-corrected chi connectivity index (χ4v) is 6.20. The SMILES string of the molecule is [Pt+2].[c-]1c(-c2cccc(-c3ccc(-c4ccccc4)cc3)n2)cccc1-n1c2[c-]c(-c3nc4ccccc4o3)ccc2c2ccccc21. The van der Waals surface area contributed by atoms with Crippen molar-refractivity contribution in [3.05, 3.63) is 164 Å². The Morgan fingerprint density at radius 2 is 1.21 bits per heavy atom. The van der Waals surface area contributed by atoms with Crippen LogP contribution in [-0.2, 0) is 21.1 Å². The minimum atomic E-state index is 0. The molecular formula is C42H25N3OPt. The molecule has 6 aromatic carbocycles. The van der Waals surface area contributed by atoms with E-state index in [0.717, 1.165) is 66.7 Å². The molecule has 47 heavy (non-hydrogen) atoms. The molecule has 224 valence electrons. The molecule has 0 saturated carbocycles. The summed E-state index contributed by atoms with van der Waals surface area (Å²) < 4.78 is 8.32. The maximum absolute atomic E-state index is 6.11. The van der Waals surface area contributed by atoms with Crippen molar-refractivity contribution < 1.29 is 25.5 Å². The molecule has 0 unspecified atom stereocenters. The molecule has 3 heterocycles. The summed E-state index contributed by atoms with van der Waals surface area (Å²) in [4.78, 5) is 9.80. The standard InChI is InChI=1S/C42H25N3O.Pt/c1-2-10-28(11-3-1)29-20-22-30(23-21-29)36-16-9-17-37(43-36)31-12-8-13-33(26-31)45-39-18-6-4-14-34(39)35-25-24-32(27-40(35)45)42-44-38-15-5-7-19-41(38)46-42;/h1-25H;/q-2;+2. The number of fused-ring (bicyclic) bond motifs is 4. The van der Waals surface area contributed by atoms with Crippen LogP contribution in [0.4, 0.5) is 0 Å². The van der Waals surface area contributed by atoms with Crippen molar-refractivity contribution >= 4 is 32.9 Å². The Labute approximate surface area is 286 Å². The van der Waals surface area contributed by atoms with Gasteiger partial charge in [0.2, 0.25) is 0 Å². The van der Waals surface area contributed by atoms with Crippen LogP contribution in [0.5, 0.6) is 0 Å². The molecule has 0 N–H and O–H groups in total. The molecule has 0 aliphatic heterocycles. The summed E-state index contributed by atoms with van der Waals surface area (Å²) >= 11 is 0. The van der Waals surface area contributed by atoms with Gasteiger partial charge in [-0.25, -0.2) is 0 Å². The maximum atomic E-state index is 6.11. The molecule has 9 rings (SSSR count). The molecule has 0 saturated heterocycles. The van der Waals surface area contributed by atoms with Gasteiger partial charge in [0.05, 0.1) is 11.2 Å². The quantitative estimate of drug-likeness (QED) is 0.163. The first-order chi connectivity index (χ1) is 22.8. The number of hydrogen-bond donors (Lipinski definition) is 0. The van der Waals surface area contributed by atoms with Crippen LogP contribution in [0.15, 0.2) is 156 Å². The number of aromatic nitrogens is 3. The molecule has 0 radical (unpaired) electrons. The Morgan fingerprint density at radius 3 is 2.09 bits per heavy atom. The summed E-state index contributed by atoms with van der Waals surface area (Å²) in [5.41, 5.74) is 11.5. The van der Waals surface area contributed by atoms with Gasteiger partial charge in [-0.3, -0.25) is 9.97 Å². The number of nitrogens with zero attached hydrogens (tertiary/aromatic N) is 3. The summed E-state index contributed by atoms with van der Waals surface area (Å²) in [6.07, 6.45) is 0. The minimum absolute atomic E-state index is 0. The number of benzene rings is 6. The van der Waals surface area contributed by atoms with Crippen LogP contribution in [0.25, 0.3) is 83.7 Å². The van der Waals surface area contributed by atoms with E-state index >= 15 is 0 Å². The van der Waals surface area contributed by atoms with Crippen molar-refractivity contribution in [1.29, 1.82) is 0 Å². The summed E-state index contributed by atoms with van der Waals surface area (Å²) in [5, 5.41) is 2.25. The van der Waals surface area contributed by atoms with Crippen LogP contribution < -0.4 is 0 Å². The van der Waals surface area contributed by atoms with Gasteiger partial charge in [0.15, 0.2) is 0 Å². The summed E-state index contributed by atoms with van der Waals surface area (Å²) in [7, 11) is 0. The molecule has 0 fully saturated rings. The van der Waals surface area contributed by atoms with E-state index in [0.29, 0.717) is 5.89 Å². The van der Waals surface area contributed by atoms with Crippen molar-refractivity contribution in [2.45, 2.75) is 0 Å². The van der Waals surface area contributed by atoms with Crippen molar-refractivity contribution in [2.24, 2.45) is 0 Å². The third-order valence-electron chi connectivity index (χ3n) is 8.44. The third-order valence-corrected chi connectivity index (χ3v) is 8.44. The van der Waals surface area contributed by atoms with E-state index in [2.05, 4.69) is 126 Å². The molecule has 0 amide bonds. The summed E-state index contributed by atoms with van der Waals surface area (Å²) in [6.45, 7) is 0. The van der Waals surface area contributed by atoms with Crippen LogP contribution in [0.1, 0.15) is 0 Å². The van der Waals surface area contributed by atoms with Gasteiger partial charge in [0.1, 0.15) is 11.5 Å². The minimum Gasteiger partial charge on any atom is -0.481 e. The second kappa shape index (κ2) is 12.0. The van der Waals surface area contributed by atoms with Crippen LogP contribution in [0, 0.1) is 12.1 Å². The number of para-hydroxylation sites is 3. The molecule has 5 heteroatoms. The summed E-state index contributed by atoms with van der Waals surface area (Å²) in [5.74, 6) is 0.551. The molecule has 0 bridgehead atoms. The Balaban J connectivity index is 0.00000324. The third kappa shape index (κ3) is 5.17. The van der Waals surface area contributed by atoms with Crippen molar-refractivity contribution in [3.63, 3.8) is 0 Å². The molecule has 0 aliphatic carbocycles. The maximum Gasteiger partial charge on any atom is 2.00 e. The molecule has 0 atom stereocenters. The van der Waals surface area contributed by atoms with E-state index in [1.807, 2.05) is 42.5 Å². The van der Waals surface area contributed by atoms with Gasteiger partial charge in [-0.05, 0) is 63.2 Å². The second-order valence-electron chi connectivity index (χ2n) is 11.3. The topological polar surface area (TPSA) is 43.9 Å². The van der Waals surface area contributed by atoms with Crippen LogP contribution in [0.2, 0.25) is 0 Å². The van der Waals surface area contributed by atoms with E-state index in [1.165, 1.54) is 11.1 Å². The average Bonchev–Trinajstić information content (AvgIpc) is 3.72. The molecule has 4 nitrogen and oxygen atoms in total. The van der Waals surface area contributed by atoms with Gasteiger partial charge in [-0.15, -0.1) is 48.0 Å². The van der Waals surface area contributed by atoms with E-state index in [4.69, 9.17) is 14.4 Å². The molecule has 0 spiro atoms. The first-order valence-corrected chi connectivity index (χ1v) is 15.3. The Kier molecular flexibility index (Phi) is 7.36. The number of pyridine rings is 1. The molecular weight excluding hydrogens is 758 g/mol. The van der Waals surface area contributed by atoms with Gasteiger partial charge in [-0.2, -0.15) is 0 Å². The Morgan fingerprint density at radius 1 is 0.489 bits per heavy atom. The average molecular weight is 783 g/mol. The van der Waals surface area contributed by atoms with E-state index in [-0.39, 0.29) is 21.1 Å². The summed E-state index contributed by atoms with van der Waals surface area (Å²) in [6, 6.07) is 59.1. The second-order valence-corrected chi connectivity index (χ2v) is 11.3. The van der Waals surface area contributed by atoms with E-state index in [1.54, 1.807) is 0 Å². The van der Waals surface area contributed by atoms with Gasteiger partial charge in [0, 0.05) is 5.52 Å². The normalized spacial score (nSPS) is 11.2. The fourth-order valence-electron chi connectivity index (χ4n) is 6.20. The van der Waals surface area contributed by atoms with Gasteiger partial charge >= 0.3 is 21.1 Å². The predicted octanol–water partition coefficient (Wildman–Crippen LogP) is 10.6. The van der Waals surface area contributed by atoms with Crippen LogP contribution in [0.3, 0.4) is 0 Å². The van der Waals surface area contributed by atoms with Gasteiger partial charge in [-0.1, -0.05) is 108 Å². The van der Waals surface area contributed by atoms with Crippen LogP contribution in [-0.4, -0.2) is 14.5 Å². The zero-order valence-corrected chi connectivity index (χ0v) is 27.3. The van der Waals surface area contributed by atoms with Crippen LogP contribution >= 0.6 is 0 Å². The van der Waals surface area contributed by atoms with E-state index < -0.39 is 0 Å². The Bertz CT molecular complexity index is 2500. The molecule has 0 aliphatic rings. The van der Waals surface area contributed by atoms with Gasteiger partial charge in [0.25, 0.3) is 0 Å². The van der Waals surface area contributed by atoms with Crippen molar-refractivity contribution in [3.8, 4) is 50.8 Å². The zero-order valence-electron chi connectivity index (χ0n) is 25.0. The number of oxazole rings is 1. The zero-order chi connectivity index (χ0) is 30.5. The fraction of sp³-hybridized carbons (Fsp3) is 0. The Hall–Kier alpha value is -5.57. The van der Waals surface area contributed by atoms with Crippen molar-refractivity contribution in [2.75, 3.05) is 0 Å². The predicted molar refractivity (Wildman–Crippen MR) is 186 cm³/mol.